The van der Waals surface area contributed by atoms with E-state index in [1.54, 1.807) is 6.07 Å². The summed E-state index contributed by atoms with van der Waals surface area (Å²) < 4.78 is 49.9. The van der Waals surface area contributed by atoms with E-state index < -0.39 is 6.36 Å². The number of hydrogen-bond donors (Lipinski definition) is 0. The number of alkyl halides is 3. The molecular formula is C28H36F3N3O2. The quantitative estimate of drug-likeness (QED) is 0.339. The van der Waals surface area contributed by atoms with Gasteiger partial charge in [0.05, 0.1) is 23.8 Å². The number of rotatable bonds is 7. The lowest BCUT2D eigenvalue weighted by Gasteiger charge is -2.39. The van der Waals surface area contributed by atoms with Gasteiger partial charge in [-0.3, -0.25) is 0 Å². The van der Waals surface area contributed by atoms with E-state index in [0.29, 0.717) is 22.7 Å². The molecule has 0 aliphatic carbocycles. The van der Waals surface area contributed by atoms with E-state index in [1.165, 1.54) is 32.1 Å². The van der Waals surface area contributed by atoms with E-state index in [1.807, 2.05) is 6.92 Å². The fourth-order valence-electron chi connectivity index (χ4n) is 5.48. The smallest absolute Gasteiger partial charge is 0.496 e. The second kappa shape index (κ2) is 9.96. The Hall–Kier alpha value is -2.74. The Morgan fingerprint density at radius 1 is 1.14 bits per heavy atom. The van der Waals surface area contributed by atoms with Gasteiger partial charge in [0.15, 0.2) is 0 Å². The standard InChI is InChI=1S/C28H36F3N3O2/c1-7-20(16-33-12-8-11-27(4,5)17-33)34-15-19(3)26-23(34)13-18(2)25(32-26)22-10-9-21(14-24(22)35-6)36-28(29,30)31/h9-10,13-15,20H,7-8,11-12,16-17H2,1-6H3/t20-/m0/s1. The Labute approximate surface area is 211 Å². The van der Waals surface area contributed by atoms with Crippen LogP contribution in [0.3, 0.4) is 0 Å². The molecule has 0 spiro atoms. The SMILES string of the molecule is CC[C@@H](CN1CCCC(C)(C)C1)n1cc(C)c2nc(-c3ccc(OC(F)(F)F)cc3OC)c(C)cc21. The van der Waals surface area contributed by atoms with Gasteiger partial charge in [0, 0.05) is 37.0 Å². The van der Waals surface area contributed by atoms with E-state index in [0.717, 1.165) is 48.2 Å². The third kappa shape index (κ3) is 5.64. The number of aryl methyl sites for hydroxylation is 2. The fourth-order valence-corrected chi connectivity index (χ4v) is 5.48. The molecule has 0 unspecified atom stereocenters. The molecule has 4 rings (SSSR count). The van der Waals surface area contributed by atoms with Gasteiger partial charge >= 0.3 is 6.36 Å². The number of nitrogens with zero attached hydrogens (tertiary/aromatic N) is 3. The van der Waals surface area contributed by atoms with Gasteiger partial charge < -0.3 is 18.9 Å². The van der Waals surface area contributed by atoms with Crippen molar-refractivity contribution in [2.24, 2.45) is 5.41 Å². The zero-order chi connectivity index (χ0) is 26.3. The lowest BCUT2D eigenvalue weighted by atomic mass is 9.84. The molecule has 0 N–H and O–H groups in total. The van der Waals surface area contributed by atoms with Crippen molar-refractivity contribution in [1.29, 1.82) is 0 Å². The van der Waals surface area contributed by atoms with Crippen molar-refractivity contribution in [2.75, 3.05) is 26.7 Å². The van der Waals surface area contributed by atoms with Gasteiger partial charge in [-0.25, -0.2) is 4.98 Å². The minimum atomic E-state index is -4.76. The maximum Gasteiger partial charge on any atom is 0.573 e. The van der Waals surface area contributed by atoms with Crippen molar-refractivity contribution in [3.63, 3.8) is 0 Å². The molecule has 1 fully saturated rings. The summed E-state index contributed by atoms with van der Waals surface area (Å²) in [4.78, 5) is 7.57. The number of likely N-dealkylation sites (tertiary alicyclic amines) is 1. The lowest BCUT2D eigenvalue weighted by Crippen LogP contribution is -2.42. The number of hydrogen-bond acceptors (Lipinski definition) is 4. The van der Waals surface area contributed by atoms with Crippen LogP contribution >= 0.6 is 0 Å². The first-order valence-corrected chi connectivity index (χ1v) is 12.6. The van der Waals surface area contributed by atoms with Crippen LogP contribution in [0.1, 0.15) is 57.2 Å². The highest BCUT2D eigenvalue weighted by molar-refractivity contribution is 5.85. The van der Waals surface area contributed by atoms with Crippen LogP contribution in [-0.4, -0.2) is 47.6 Å². The molecule has 0 saturated carbocycles. The molecule has 1 saturated heterocycles. The van der Waals surface area contributed by atoms with Gasteiger partial charge in [0.1, 0.15) is 11.5 Å². The number of methoxy groups -OCH3 is 1. The predicted octanol–water partition coefficient (Wildman–Crippen LogP) is 7.30. The minimum absolute atomic E-state index is 0.280. The molecule has 1 aromatic carbocycles. The van der Waals surface area contributed by atoms with E-state index in [4.69, 9.17) is 9.72 Å². The summed E-state index contributed by atoms with van der Waals surface area (Å²) in [6.07, 6.45) is 0.925. The first-order valence-electron chi connectivity index (χ1n) is 12.6. The lowest BCUT2D eigenvalue weighted by molar-refractivity contribution is -0.274. The number of ether oxygens (including phenoxy) is 2. The summed E-state index contributed by atoms with van der Waals surface area (Å²) in [5.41, 5.74) is 5.63. The van der Waals surface area contributed by atoms with Crippen molar-refractivity contribution in [1.82, 2.24) is 14.5 Å². The van der Waals surface area contributed by atoms with Crippen molar-refractivity contribution in [3.05, 3.63) is 41.6 Å². The molecule has 0 amide bonds. The minimum Gasteiger partial charge on any atom is -0.496 e. The van der Waals surface area contributed by atoms with Crippen molar-refractivity contribution in [3.8, 4) is 22.8 Å². The fraction of sp³-hybridized carbons (Fsp3) is 0.536. The average molecular weight is 504 g/mol. The molecule has 1 atom stereocenters. The normalized spacial score (nSPS) is 17.4. The summed E-state index contributed by atoms with van der Waals surface area (Å²) in [5, 5.41) is 0. The highest BCUT2D eigenvalue weighted by atomic mass is 19.4. The molecule has 8 heteroatoms. The van der Waals surface area contributed by atoms with Crippen molar-refractivity contribution >= 4 is 11.0 Å². The number of piperidine rings is 1. The molecule has 196 valence electrons. The van der Waals surface area contributed by atoms with Crippen molar-refractivity contribution < 1.29 is 22.6 Å². The predicted molar refractivity (Wildman–Crippen MR) is 137 cm³/mol. The van der Waals surface area contributed by atoms with Gasteiger partial charge in [0.2, 0.25) is 0 Å². The topological polar surface area (TPSA) is 39.5 Å². The molecule has 3 aromatic rings. The molecular weight excluding hydrogens is 467 g/mol. The van der Waals surface area contributed by atoms with Gasteiger partial charge in [-0.1, -0.05) is 20.8 Å². The summed E-state index contributed by atoms with van der Waals surface area (Å²) >= 11 is 0. The van der Waals surface area contributed by atoms with Crippen LogP contribution in [0.5, 0.6) is 11.5 Å². The first kappa shape index (κ1) is 26.3. The Balaban J connectivity index is 1.70. The van der Waals surface area contributed by atoms with E-state index in [9.17, 15) is 13.2 Å². The third-order valence-electron chi connectivity index (χ3n) is 7.15. The zero-order valence-corrected chi connectivity index (χ0v) is 22.0. The van der Waals surface area contributed by atoms with Gasteiger partial charge in [-0.05, 0) is 74.4 Å². The van der Waals surface area contributed by atoms with Crippen LogP contribution in [0.4, 0.5) is 13.2 Å². The molecule has 5 nitrogen and oxygen atoms in total. The molecule has 36 heavy (non-hydrogen) atoms. The summed E-state index contributed by atoms with van der Waals surface area (Å²) in [6.45, 7) is 14.2. The number of halogens is 3. The monoisotopic (exact) mass is 503 g/mol. The Morgan fingerprint density at radius 3 is 2.53 bits per heavy atom. The van der Waals surface area contributed by atoms with Crippen molar-refractivity contribution in [2.45, 2.75) is 66.3 Å². The summed E-state index contributed by atoms with van der Waals surface area (Å²) in [5.74, 6) is -0.0428. The average Bonchev–Trinajstić information content (AvgIpc) is 3.10. The number of aromatic nitrogens is 2. The van der Waals surface area contributed by atoms with Crippen LogP contribution in [0.25, 0.3) is 22.3 Å². The molecule has 2 aromatic heterocycles. The summed E-state index contributed by atoms with van der Waals surface area (Å²) in [7, 11) is 1.43. The number of fused-ring (bicyclic) bond motifs is 1. The largest absolute Gasteiger partial charge is 0.573 e. The van der Waals surface area contributed by atoms with Crippen LogP contribution in [0.2, 0.25) is 0 Å². The molecule has 1 aliphatic rings. The zero-order valence-electron chi connectivity index (χ0n) is 22.0. The molecule has 1 aliphatic heterocycles. The Kier molecular flexibility index (Phi) is 7.28. The van der Waals surface area contributed by atoms with Crippen LogP contribution in [-0.2, 0) is 0 Å². The van der Waals surface area contributed by atoms with E-state index in [-0.39, 0.29) is 11.5 Å². The van der Waals surface area contributed by atoms with E-state index in [2.05, 4.69) is 54.2 Å². The molecule has 0 bridgehead atoms. The first-order chi connectivity index (χ1) is 16.9. The maximum atomic E-state index is 12.7. The maximum absolute atomic E-state index is 12.7. The van der Waals surface area contributed by atoms with Gasteiger partial charge in [-0.15, -0.1) is 13.2 Å². The molecule has 3 heterocycles. The van der Waals surface area contributed by atoms with E-state index >= 15 is 0 Å². The van der Waals surface area contributed by atoms with Crippen LogP contribution in [0, 0.1) is 19.3 Å². The third-order valence-corrected chi connectivity index (χ3v) is 7.15. The van der Waals surface area contributed by atoms with Gasteiger partial charge in [0.25, 0.3) is 0 Å². The van der Waals surface area contributed by atoms with Crippen LogP contribution < -0.4 is 9.47 Å². The summed E-state index contributed by atoms with van der Waals surface area (Å²) in [6, 6.07) is 6.57. The highest BCUT2D eigenvalue weighted by Gasteiger charge is 2.32. The molecule has 0 radical (unpaired) electrons. The number of benzene rings is 1. The second-order valence-electron chi connectivity index (χ2n) is 10.7. The Bertz CT molecular complexity index is 1230. The van der Waals surface area contributed by atoms with Gasteiger partial charge in [-0.2, -0.15) is 0 Å². The van der Waals surface area contributed by atoms with Crippen LogP contribution in [0.15, 0.2) is 30.5 Å². The second-order valence-corrected chi connectivity index (χ2v) is 10.7. The number of pyridine rings is 1. The highest BCUT2D eigenvalue weighted by Crippen LogP contribution is 2.38. The Morgan fingerprint density at radius 2 is 1.89 bits per heavy atom.